The first-order valence-corrected chi connectivity index (χ1v) is 7.53. The molecular weight excluding hydrogens is 248 g/mol. The Hall–Kier alpha value is -1.51. The molecule has 1 aliphatic rings. The van der Waals surface area contributed by atoms with E-state index in [1.165, 1.54) is 11.1 Å². The second-order valence-corrected chi connectivity index (χ2v) is 7.03. The van der Waals surface area contributed by atoms with Crippen LogP contribution in [0.4, 0.5) is 5.69 Å². The first-order chi connectivity index (χ1) is 9.35. The predicted molar refractivity (Wildman–Crippen MR) is 83.4 cm³/mol. The molecule has 0 spiro atoms. The number of carbonyl (C=O) groups excluding carboxylic acids is 1. The lowest BCUT2D eigenvalue weighted by Crippen LogP contribution is -2.31. The van der Waals surface area contributed by atoms with E-state index >= 15 is 0 Å². The molecule has 3 nitrogen and oxygen atoms in total. The zero-order chi connectivity index (χ0) is 14.8. The van der Waals surface area contributed by atoms with Gasteiger partial charge in [-0.15, -0.1) is 0 Å². The Balaban J connectivity index is 2.00. The van der Waals surface area contributed by atoms with Gasteiger partial charge in [-0.05, 0) is 54.4 Å². The molecule has 0 fully saturated rings. The summed E-state index contributed by atoms with van der Waals surface area (Å²) in [7, 11) is 0. The standard InChI is InChI=1S/C17H26N2O/c1-17(2,3)10-9-16(20)19-15-6-4-5-12-11-13(18)7-8-14(12)15/h7-8,11,15H,4-6,9-10,18H2,1-3H3,(H,19,20). The van der Waals surface area contributed by atoms with Gasteiger partial charge >= 0.3 is 0 Å². The lowest BCUT2D eigenvalue weighted by atomic mass is 9.87. The zero-order valence-electron chi connectivity index (χ0n) is 12.8. The van der Waals surface area contributed by atoms with E-state index in [0.717, 1.165) is 31.4 Å². The summed E-state index contributed by atoms with van der Waals surface area (Å²) >= 11 is 0. The fourth-order valence-electron chi connectivity index (χ4n) is 2.74. The van der Waals surface area contributed by atoms with E-state index in [9.17, 15) is 4.79 Å². The number of amides is 1. The number of anilines is 1. The Morgan fingerprint density at radius 1 is 1.40 bits per heavy atom. The number of rotatable bonds is 3. The molecular formula is C17H26N2O. The Labute approximate surface area is 121 Å². The van der Waals surface area contributed by atoms with Crippen LogP contribution < -0.4 is 11.1 Å². The van der Waals surface area contributed by atoms with Crippen LogP contribution in [0.5, 0.6) is 0 Å². The minimum atomic E-state index is 0.159. The highest BCUT2D eigenvalue weighted by Gasteiger charge is 2.22. The number of aryl methyl sites for hydroxylation is 1. The summed E-state index contributed by atoms with van der Waals surface area (Å²) in [5.74, 6) is 0.162. The number of carbonyl (C=O) groups is 1. The molecule has 3 heteroatoms. The molecule has 20 heavy (non-hydrogen) atoms. The molecule has 1 aliphatic carbocycles. The van der Waals surface area contributed by atoms with Crippen molar-refractivity contribution in [3.63, 3.8) is 0 Å². The average molecular weight is 274 g/mol. The van der Waals surface area contributed by atoms with Gasteiger partial charge in [0.2, 0.25) is 5.91 Å². The van der Waals surface area contributed by atoms with E-state index in [1.54, 1.807) is 0 Å². The van der Waals surface area contributed by atoms with Crippen molar-refractivity contribution in [2.75, 3.05) is 5.73 Å². The molecule has 1 amide bonds. The third-order valence-corrected chi connectivity index (χ3v) is 3.92. The van der Waals surface area contributed by atoms with Crippen molar-refractivity contribution < 1.29 is 4.79 Å². The van der Waals surface area contributed by atoms with Crippen LogP contribution in [-0.2, 0) is 11.2 Å². The largest absolute Gasteiger partial charge is 0.399 e. The molecule has 1 unspecified atom stereocenters. The fraction of sp³-hybridized carbons (Fsp3) is 0.588. The van der Waals surface area contributed by atoms with Crippen LogP contribution in [0.3, 0.4) is 0 Å². The maximum atomic E-state index is 12.1. The molecule has 0 heterocycles. The van der Waals surface area contributed by atoms with Crippen LogP contribution in [0, 0.1) is 5.41 Å². The molecule has 2 rings (SSSR count). The lowest BCUT2D eigenvalue weighted by molar-refractivity contribution is -0.122. The Morgan fingerprint density at radius 2 is 2.15 bits per heavy atom. The zero-order valence-corrected chi connectivity index (χ0v) is 12.8. The molecule has 0 radical (unpaired) electrons. The number of fused-ring (bicyclic) bond motifs is 1. The van der Waals surface area contributed by atoms with Gasteiger partial charge in [0.25, 0.3) is 0 Å². The maximum Gasteiger partial charge on any atom is 0.220 e. The summed E-state index contributed by atoms with van der Waals surface area (Å²) in [5.41, 5.74) is 9.38. The molecule has 3 N–H and O–H groups in total. The van der Waals surface area contributed by atoms with Gasteiger partial charge in [-0.2, -0.15) is 0 Å². The van der Waals surface area contributed by atoms with Gasteiger partial charge < -0.3 is 11.1 Å². The average Bonchev–Trinajstić information content (AvgIpc) is 2.35. The minimum Gasteiger partial charge on any atom is -0.399 e. The number of nitrogen functional groups attached to an aromatic ring is 1. The van der Waals surface area contributed by atoms with E-state index in [1.807, 2.05) is 12.1 Å². The van der Waals surface area contributed by atoms with Crippen LogP contribution in [0.25, 0.3) is 0 Å². The van der Waals surface area contributed by atoms with Gasteiger partial charge in [-0.25, -0.2) is 0 Å². The topological polar surface area (TPSA) is 55.1 Å². The monoisotopic (exact) mass is 274 g/mol. The highest BCUT2D eigenvalue weighted by molar-refractivity contribution is 5.76. The normalized spacial score (nSPS) is 18.4. The molecule has 1 aromatic rings. The van der Waals surface area contributed by atoms with Crippen LogP contribution in [-0.4, -0.2) is 5.91 Å². The van der Waals surface area contributed by atoms with Crippen molar-refractivity contribution in [3.8, 4) is 0 Å². The summed E-state index contributed by atoms with van der Waals surface area (Å²) < 4.78 is 0. The summed E-state index contributed by atoms with van der Waals surface area (Å²) in [5, 5.41) is 3.19. The molecule has 0 saturated heterocycles. The van der Waals surface area contributed by atoms with Gasteiger partial charge in [-0.1, -0.05) is 26.8 Å². The smallest absolute Gasteiger partial charge is 0.220 e. The van der Waals surface area contributed by atoms with Crippen LogP contribution >= 0.6 is 0 Å². The summed E-state index contributed by atoms with van der Waals surface area (Å²) in [6.45, 7) is 6.50. The first kappa shape index (κ1) is 14.9. The number of hydrogen-bond acceptors (Lipinski definition) is 2. The quantitative estimate of drug-likeness (QED) is 0.828. The van der Waals surface area contributed by atoms with Crippen molar-refractivity contribution in [2.45, 2.75) is 58.9 Å². The number of benzene rings is 1. The SMILES string of the molecule is CC(C)(C)CCC(=O)NC1CCCc2cc(N)ccc21. The molecule has 1 aromatic carbocycles. The van der Waals surface area contributed by atoms with Crippen LogP contribution in [0.2, 0.25) is 0 Å². The summed E-state index contributed by atoms with van der Waals surface area (Å²) in [6.07, 6.45) is 4.72. The van der Waals surface area contributed by atoms with Crippen LogP contribution in [0.15, 0.2) is 18.2 Å². The van der Waals surface area contributed by atoms with Crippen LogP contribution in [0.1, 0.15) is 63.6 Å². The second kappa shape index (κ2) is 5.86. The highest BCUT2D eigenvalue weighted by Crippen LogP contribution is 2.31. The lowest BCUT2D eigenvalue weighted by Gasteiger charge is -2.27. The van der Waals surface area contributed by atoms with Gasteiger partial charge in [0.1, 0.15) is 0 Å². The minimum absolute atomic E-state index is 0.159. The van der Waals surface area contributed by atoms with Gasteiger partial charge in [-0.3, -0.25) is 4.79 Å². The molecule has 0 saturated carbocycles. The van der Waals surface area contributed by atoms with Gasteiger partial charge in [0.15, 0.2) is 0 Å². The molecule has 1 atom stereocenters. The number of hydrogen-bond donors (Lipinski definition) is 2. The summed E-state index contributed by atoms with van der Waals surface area (Å²) in [6, 6.07) is 6.20. The van der Waals surface area contributed by atoms with Crippen molar-refractivity contribution in [1.82, 2.24) is 5.32 Å². The van der Waals surface area contributed by atoms with E-state index in [4.69, 9.17) is 5.73 Å². The van der Waals surface area contributed by atoms with Gasteiger partial charge in [0.05, 0.1) is 6.04 Å². The van der Waals surface area contributed by atoms with E-state index in [0.29, 0.717) is 6.42 Å². The number of nitrogens with two attached hydrogens (primary N) is 1. The van der Waals surface area contributed by atoms with E-state index in [-0.39, 0.29) is 17.4 Å². The number of nitrogens with one attached hydrogen (secondary N) is 1. The third-order valence-electron chi connectivity index (χ3n) is 3.92. The van der Waals surface area contributed by atoms with Crippen molar-refractivity contribution in [3.05, 3.63) is 29.3 Å². The fourth-order valence-corrected chi connectivity index (χ4v) is 2.74. The van der Waals surface area contributed by atoms with Crippen molar-refractivity contribution in [1.29, 1.82) is 0 Å². The Morgan fingerprint density at radius 3 is 2.85 bits per heavy atom. The maximum absolute atomic E-state index is 12.1. The Kier molecular flexibility index (Phi) is 4.36. The second-order valence-electron chi connectivity index (χ2n) is 7.03. The van der Waals surface area contributed by atoms with E-state index < -0.39 is 0 Å². The predicted octanol–water partition coefficient (Wildman–Crippen LogP) is 3.59. The Bertz CT molecular complexity index is 488. The van der Waals surface area contributed by atoms with Gasteiger partial charge in [0, 0.05) is 12.1 Å². The van der Waals surface area contributed by atoms with E-state index in [2.05, 4.69) is 32.2 Å². The van der Waals surface area contributed by atoms with Crippen molar-refractivity contribution >= 4 is 11.6 Å². The first-order valence-electron chi connectivity index (χ1n) is 7.53. The molecule has 0 bridgehead atoms. The van der Waals surface area contributed by atoms with Crippen molar-refractivity contribution in [2.24, 2.45) is 5.41 Å². The molecule has 0 aliphatic heterocycles. The highest BCUT2D eigenvalue weighted by atomic mass is 16.1. The third kappa shape index (κ3) is 3.99. The molecule has 0 aromatic heterocycles. The summed E-state index contributed by atoms with van der Waals surface area (Å²) in [4.78, 5) is 12.1. The molecule has 110 valence electrons.